The number of amides is 1. The highest BCUT2D eigenvalue weighted by Crippen LogP contribution is 2.23. The minimum Gasteiger partial charge on any atom is -0.372 e. The van der Waals surface area contributed by atoms with E-state index in [2.05, 4.69) is 49.8 Å². The van der Waals surface area contributed by atoms with Gasteiger partial charge in [0.25, 0.3) is 5.91 Å². The monoisotopic (exact) mass is 393 g/mol. The molecule has 6 heteroatoms. The summed E-state index contributed by atoms with van der Waals surface area (Å²) < 4.78 is 0. The third-order valence-corrected chi connectivity index (χ3v) is 5.87. The maximum Gasteiger partial charge on any atom is 0.270 e. The first kappa shape index (κ1) is 19.7. The molecule has 0 spiro atoms. The van der Waals surface area contributed by atoms with E-state index in [1.54, 1.807) is 6.07 Å². The Hall–Kier alpha value is -2.63. The number of rotatable bonds is 5. The van der Waals surface area contributed by atoms with Gasteiger partial charge in [-0.25, -0.2) is 9.97 Å². The van der Waals surface area contributed by atoms with E-state index in [0.29, 0.717) is 11.6 Å². The van der Waals surface area contributed by atoms with Gasteiger partial charge < -0.3 is 15.5 Å². The van der Waals surface area contributed by atoms with E-state index in [4.69, 9.17) is 0 Å². The standard InChI is InChI=1S/C23H31N5O/c1-17-16-21(22(29)25-18-8-4-2-5-9-18)27-23(24-17)26-19-10-12-20(13-11-19)28-14-6-3-7-15-28/h10-13,16,18H,2-9,14-15H2,1H3,(H,25,29)(H,24,26,27). The highest BCUT2D eigenvalue weighted by molar-refractivity contribution is 5.92. The van der Waals surface area contributed by atoms with Crippen LogP contribution in [0.15, 0.2) is 30.3 Å². The number of aromatic nitrogens is 2. The molecule has 6 nitrogen and oxygen atoms in total. The van der Waals surface area contributed by atoms with Crippen LogP contribution >= 0.6 is 0 Å². The van der Waals surface area contributed by atoms with Crippen molar-refractivity contribution in [1.82, 2.24) is 15.3 Å². The van der Waals surface area contributed by atoms with Crippen molar-refractivity contribution in [2.45, 2.75) is 64.3 Å². The average molecular weight is 394 g/mol. The Balaban J connectivity index is 1.42. The SMILES string of the molecule is Cc1cc(C(=O)NC2CCCCC2)nc(Nc2ccc(N3CCCCC3)cc2)n1. The molecule has 1 saturated carbocycles. The Kier molecular flexibility index (Phi) is 6.27. The third kappa shape index (κ3) is 5.25. The van der Waals surface area contributed by atoms with Crippen LogP contribution in [-0.2, 0) is 0 Å². The Morgan fingerprint density at radius 3 is 2.38 bits per heavy atom. The van der Waals surface area contributed by atoms with Crippen molar-refractivity contribution in [1.29, 1.82) is 0 Å². The van der Waals surface area contributed by atoms with Gasteiger partial charge >= 0.3 is 0 Å². The van der Waals surface area contributed by atoms with Crippen molar-refractivity contribution in [3.05, 3.63) is 41.7 Å². The second-order valence-electron chi connectivity index (χ2n) is 8.25. The fourth-order valence-electron chi connectivity index (χ4n) is 4.28. The van der Waals surface area contributed by atoms with Crippen LogP contribution in [-0.4, -0.2) is 35.0 Å². The van der Waals surface area contributed by atoms with E-state index >= 15 is 0 Å². The number of hydrogen-bond donors (Lipinski definition) is 2. The first-order valence-electron chi connectivity index (χ1n) is 11.0. The number of benzene rings is 1. The Bertz CT molecular complexity index is 824. The maximum absolute atomic E-state index is 12.7. The molecule has 2 heterocycles. The molecule has 1 saturated heterocycles. The van der Waals surface area contributed by atoms with E-state index < -0.39 is 0 Å². The molecule has 2 fully saturated rings. The predicted octanol–water partition coefficient (Wildman–Crippen LogP) is 4.58. The minimum atomic E-state index is -0.106. The molecule has 1 aromatic carbocycles. The molecular weight excluding hydrogens is 362 g/mol. The summed E-state index contributed by atoms with van der Waals surface area (Å²) in [6.45, 7) is 4.16. The van der Waals surface area contributed by atoms with Gasteiger partial charge in [0.1, 0.15) is 5.69 Å². The highest BCUT2D eigenvalue weighted by atomic mass is 16.1. The molecule has 0 radical (unpaired) electrons. The summed E-state index contributed by atoms with van der Waals surface area (Å²) in [5, 5.41) is 6.39. The fourth-order valence-corrected chi connectivity index (χ4v) is 4.28. The molecule has 0 unspecified atom stereocenters. The Labute approximate surface area is 173 Å². The Morgan fingerprint density at radius 2 is 1.66 bits per heavy atom. The summed E-state index contributed by atoms with van der Waals surface area (Å²) in [6.07, 6.45) is 9.63. The number of nitrogens with zero attached hydrogens (tertiary/aromatic N) is 3. The zero-order valence-corrected chi connectivity index (χ0v) is 17.3. The van der Waals surface area contributed by atoms with Gasteiger partial charge in [-0.3, -0.25) is 4.79 Å². The summed E-state index contributed by atoms with van der Waals surface area (Å²) in [6, 6.07) is 10.4. The molecule has 2 aliphatic rings. The summed E-state index contributed by atoms with van der Waals surface area (Å²) in [4.78, 5) is 24.0. The molecule has 0 atom stereocenters. The zero-order valence-electron chi connectivity index (χ0n) is 17.3. The fraction of sp³-hybridized carbons (Fsp3) is 0.522. The lowest BCUT2D eigenvalue weighted by Gasteiger charge is -2.28. The molecule has 29 heavy (non-hydrogen) atoms. The van der Waals surface area contributed by atoms with Crippen LogP contribution in [0.5, 0.6) is 0 Å². The normalized spacial score (nSPS) is 17.8. The maximum atomic E-state index is 12.7. The van der Waals surface area contributed by atoms with Crippen molar-refractivity contribution in [3.8, 4) is 0 Å². The van der Waals surface area contributed by atoms with E-state index in [9.17, 15) is 4.79 Å². The van der Waals surface area contributed by atoms with E-state index in [-0.39, 0.29) is 11.9 Å². The molecule has 154 valence electrons. The van der Waals surface area contributed by atoms with Crippen molar-refractivity contribution in [2.24, 2.45) is 0 Å². The summed E-state index contributed by atoms with van der Waals surface area (Å²) >= 11 is 0. The van der Waals surface area contributed by atoms with Gasteiger partial charge in [0.2, 0.25) is 5.95 Å². The molecule has 0 bridgehead atoms. The first-order chi connectivity index (χ1) is 14.2. The molecule has 4 rings (SSSR count). The van der Waals surface area contributed by atoms with Crippen molar-refractivity contribution in [3.63, 3.8) is 0 Å². The molecule has 1 aromatic heterocycles. The van der Waals surface area contributed by atoms with Gasteiger partial charge in [-0.2, -0.15) is 0 Å². The lowest BCUT2D eigenvalue weighted by atomic mass is 9.95. The molecule has 1 aliphatic carbocycles. The van der Waals surface area contributed by atoms with Crippen LogP contribution in [0.4, 0.5) is 17.3 Å². The summed E-state index contributed by atoms with van der Waals surface area (Å²) in [5.74, 6) is 0.357. The van der Waals surface area contributed by atoms with Gasteiger partial charge in [0.15, 0.2) is 0 Å². The topological polar surface area (TPSA) is 70.2 Å². The lowest BCUT2D eigenvalue weighted by Crippen LogP contribution is -2.36. The number of hydrogen-bond acceptors (Lipinski definition) is 5. The van der Waals surface area contributed by atoms with Gasteiger partial charge in [-0.05, 0) is 69.4 Å². The second kappa shape index (κ2) is 9.25. The van der Waals surface area contributed by atoms with Gasteiger partial charge in [-0.1, -0.05) is 19.3 Å². The summed E-state index contributed by atoms with van der Waals surface area (Å²) in [7, 11) is 0. The van der Waals surface area contributed by atoms with Gasteiger partial charge in [0.05, 0.1) is 0 Å². The quantitative estimate of drug-likeness (QED) is 0.778. The molecular formula is C23H31N5O. The van der Waals surface area contributed by atoms with Crippen molar-refractivity contribution >= 4 is 23.2 Å². The van der Waals surface area contributed by atoms with E-state index in [0.717, 1.165) is 37.3 Å². The molecule has 1 aliphatic heterocycles. The van der Waals surface area contributed by atoms with Crippen LogP contribution in [0.3, 0.4) is 0 Å². The average Bonchev–Trinajstić information content (AvgIpc) is 2.75. The first-order valence-corrected chi connectivity index (χ1v) is 11.0. The Morgan fingerprint density at radius 1 is 0.966 bits per heavy atom. The number of anilines is 3. The van der Waals surface area contributed by atoms with E-state index in [1.807, 2.05) is 6.92 Å². The predicted molar refractivity (Wildman–Crippen MR) is 117 cm³/mol. The number of piperidine rings is 1. The highest BCUT2D eigenvalue weighted by Gasteiger charge is 2.18. The number of aryl methyl sites for hydroxylation is 1. The van der Waals surface area contributed by atoms with Crippen LogP contribution in [0, 0.1) is 6.92 Å². The minimum absolute atomic E-state index is 0.106. The van der Waals surface area contributed by atoms with E-state index in [1.165, 1.54) is 44.2 Å². The van der Waals surface area contributed by atoms with Gasteiger partial charge in [-0.15, -0.1) is 0 Å². The lowest BCUT2D eigenvalue weighted by molar-refractivity contribution is 0.0922. The smallest absolute Gasteiger partial charge is 0.270 e. The third-order valence-electron chi connectivity index (χ3n) is 5.87. The van der Waals surface area contributed by atoms with Crippen LogP contribution in [0.1, 0.15) is 67.5 Å². The molecule has 1 amide bonds. The zero-order chi connectivity index (χ0) is 20.1. The largest absolute Gasteiger partial charge is 0.372 e. The van der Waals surface area contributed by atoms with Gasteiger partial charge in [0, 0.05) is 36.2 Å². The second-order valence-corrected chi connectivity index (χ2v) is 8.25. The van der Waals surface area contributed by atoms with Crippen LogP contribution < -0.4 is 15.5 Å². The van der Waals surface area contributed by atoms with Crippen molar-refractivity contribution in [2.75, 3.05) is 23.3 Å². The molecule has 2 N–H and O–H groups in total. The van der Waals surface area contributed by atoms with Crippen molar-refractivity contribution < 1.29 is 4.79 Å². The van der Waals surface area contributed by atoms with Crippen LogP contribution in [0.2, 0.25) is 0 Å². The number of nitrogens with one attached hydrogen (secondary N) is 2. The number of carbonyl (C=O) groups excluding carboxylic acids is 1. The summed E-state index contributed by atoms with van der Waals surface area (Å²) in [5.41, 5.74) is 3.39. The number of carbonyl (C=O) groups is 1. The van der Waals surface area contributed by atoms with Crippen LogP contribution in [0.25, 0.3) is 0 Å². The molecule has 2 aromatic rings.